The molecule has 0 N–H and O–H groups in total. The summed E-state index contributed by atoms with van der Waals surface area (Å²) < 4.78 is 0. The average Bonchev–Trinajstić information content (AvgIpc) is 2.20. The van der Waals surface area contributed by atoms with E-state index in [1.54, 1.807) is 0 Å². The fourth-order valence-electron chi connectivity index (χ4n) is 1.75. The third kappa shape index (κ3) is 11.4. The summed E-state index contributed by atoms with van der Waals surface area (Å²) in [6.07, 6.45) is 10.4. The summed E-state index contributed by atoms with van der Waals surface area (Å²) >= 11 is -2.35. The van der Waals surface area contributed by atoms with Gasteiger partial charge in [-0.2, -0.15) is 0 Å². The van der Waals surface area contributed by atoms with Crippen molar-refractivity contribution in [3.63, 3.8) is 0 Å². The molecule has 0 rings (SSSR count). The molecule has 0 atom stereocenters. The van der Waals surface area contributed by atoms with E-state index in [4.69, 9.17) is 20.0 Å². The zero-order chi connectivity index (χ0) is 11.6. The second-order valence-electron chi connectivity index (χ2n) is 4.48. The Balaban J connectivity index is 3.40. The van der Waals surface area contributed by atoms with Gasteiger partial charge in [-0.25, -0.2) is 0 Å². The maximum absolute atomic E-state index is 6.45. The zero-order valence-electron chi connectivity index (χ0n) is 10.3. The molecule has 0 amide bonds. The van der Waals surface area contributed by atoms with Crippen molar-refractivity contribution in [2.45, 2.75) is 75.7 Å². The maximum atomic E-state index is 6.45. The zero-order valence-corrected chi connectivity index (χ0v) is 13.9. The molecule has 3 heteroatoms. The van der Waals surface area contributed by atoms with E-state index >= 15 is 0 Å². The molecular formula is C12H26Cl2Ge. The molecule has 0 unspecified atom stereocenters. The molecule has 0 aliphatic heterocycles. The second-order valence-corrected chi connectivity index (χ2v) is 18.7. The van der Waals surface area contributed by atoms with E-state index in [1.807, 2.05) is 0 Å². The first-order valence-corrected chi connectivity index (χ1v) is 15.0. The molecule has 0 aliphatic rings. The Morgan fingerprint density at radius 2 is 1.07 bits per heavy atom. The van der Waals surface area contributed by atoms with Crippen LogP contribution in [0.4, 0.5) is 0 Å². The van der Waals surface area contributed by atoms with Crippen LogP contribution in [-0.2, 0) is 0 Å². The van der Waals surface area contributed by atoms with Crippen LogP contribution in [0.5, 0.6) is 0 Å². The number of hydrogen-bond donors (Lipinski definition) is 0. The van der Waals surface area contributed by atoms with Gasteiger partial charge in [0.05, 0.1) is 0 Å². The molecule has 0 heterocycles. The molecule has 0 radical (unpaired) electrons. The summed E-state index contributed by atoms with van der Waals surface area (Å²) in [4.78, 5) is 0. The fraction of sp³-hybridized carbons (Fsp3) is 1.00. The summed E-state index contributed by atoms with van der Waals surface area (Å²) in [5.41, 5.74) is 0. The number of halogens is 2. The average molecular weight is 314 g/mol. The predicted molar refractivity (Wildman–Crippen MR) is 75.4 cm³/mol. The first-order chi connectivity index (χ1) is 7.12. The van der Waals surface area contributed by atoms with Crippen molar-refractivity contribution in [1.82, 2.24) is 0 Å². The summed E-state index contributed by atoms with van der Waals surface area (Å²) in [5.74, 6) is 0. The number of unbranched alkanes of at least 4 members (excludes halogenated alkanes) is 6. The molecule has 0 aromatic rings. The van der Waals surface area contributed by atoms with Gasteiger partial charge in [0.2, 0.25) is 0 Å². The van der Waals surface area contributed by atoms with Crippen molar-refractivity contribution < 1.29 is 0 Å². The van der Waals surface area contributed by atoms with E-state index in [2.05, 4.69) is 13.8 Å². The van der Waals surface area contributed by atoms with Gasteiger partial charge in [-0.1, -0.05) is 0 Å². The first-order valence-electron chi connectivity index (χ1n) is 6.50. The van der Waals surface area contributed by atoms with Crippen molar-refractivity contribution in [2.24, 2.45) is 0 Å². The molecule has 0 saturated heterocycles. The first kappa shape index (κ1) is 16.1. The molecule has 0 bridgehead atoms. The van der Waals surface area contributed by atoms with Gasteiger partial charge in [0.1, 0.15) is 0 Å². The Kier molecular flexibility index (Phi) is 11.1. The standard InChI is InChI=1S/C12H26Cl2Ge/c1-3-5-7-9-11-15(13,14)12-10-8-6-4-2/h3-12H2,1-2H3. The summed E-state index contributed by atoms with van der Waals surface area (Å²) in [7, 11) is 12.9. The summed E-state index contributed by atoms with van der Waals surface area (Å²) in [5, 5.41) is 2.30. The van der Waals surface area contributed by atoms with Crippen molar-refractivity contribution in [1.29, 1.82) is 0 Å². The van der Waals surface area contributed by atoms with Crippen LogP contribution in [0.25, 0.3) is 0 Å². The van der Waals surface area contributed by atoms with Crippen molar-refractivity contribution in [3.8, 4) is 0 Å². The van der Waals surface area contributed by atoms with E-state index in [1.165, 1.54) is 51.4 Å². The second kappa shape index (κ2) is 10.3. The van der Waals surface area contributed by atoms with E-state index in [0.717, 1.165) is 10.5 Å². The Labute approximate surface area is 107 Å². The molecular weight excluding hydrogens is 288 g/mol. The van der Waals surface area contributed by atoms with Gasteiger partial charge in [0.25, 0.3) is 0 Å². The van der Waals surface area contributed by atoms with Gasteiger partial charge in [-0.3, -0.25) is 0 Å². The monoisotopic (exact) mass is 314 g/mol. The van der Waals surface area contributed by atoms with E-state index in [0.29, 0.717) is 0 Å². The number of hydrogen-bond acceptors (Lipinski definition) is 0. The van der Waals surface area contributed by atoms with Crippen molar-refractivity contribution in [3.05, 3.63) is 0 Å². The van der Waals surface area contributed by atoms with Crippen LogP contribution < -0.4 is 0 Å². The van der Waals surface area contributed by atoms with Gasteiger partial charge in [0, 0.05) is 0 Å². The van der Waals surface area contributed by atoms with Crippen LogP contribution in [0.3, 0.4) is 0 Å². The van der Waals surface area contributed by atoms with Crippen LogP contribution >= 0.6 is 20.0 Å². The minimum atomic E-state index is -2.35. The molecule has 0 aliphatic carbocycles. The molecule has 0 fully saturated rings. The van der Waals surface area contributed by atoms with Crippen LogP contribution in [0.1, 0.15) is 65.2 Å². The third-order valence-corrected chi connectivity index (χ3v) is 11.3. The molecule has 0 saturated carbocycles. The topological polar surface area (TPSA) is 0 Å². The van der Waals surface area contributed by atoms with Crippen LogP contribution in [0, 0.1) is 0 Å². The quantitative estimate of drug-likeness (QED) is 0.339. The van der Waals surface area contributed by atoms with E-state index in [-0.39, 0.29) is 0 Å². The Morgan fingerprint density at radius 3 is 1.40 bits per heavy atom. The van der Waals surface area contributed by atoms with E-state index < -0.39 is 11.4 Å². The predicted octanol–water partition coefficient (Wildman–Crippen LogP) is 6.07. The van der Waals surface area contributed by atoms with Crippen molar-refractivity contribution in [2.75, 3.05) is 0 Å². The van der Waals surface area contributed by atoms with Gasteiger partial charge in [-0.15, -0.1) is 0 Å². The van der Waals surface area contributed by atoms with Crippen LogP contribution in [0.2, 0.25) is 10.5 Å². The van der Waals surface area contributed by atoms with Crippen molar-refractivity contribution >= 4 is 31.4 Å². The fourth-order valence-corrected chi connectivity index (χ4v) is 8.27. The normalized spacial score (nSPS) is 12.0. The summed E-state index contributed by atoms with van der Waals surface area (Å²) in [6, 6.07) is 0. The van der Waals surface area contributed by atoms with E-state index in [9.17, 15) is 0 Å². The van der Waals surface area contributed by atoms with Gasteiger partial charge < -0.3 is 0 Å². The molecule has 0 aromatic carbocycles. The number of rotatable bonds is 10. The molecule has 0 spiro atoms. The van der Waals surface area contributed by atoms with Gasteiger partial charge >= 0.3 is 107 Å². The molecule has 0 aromatic heterocycles. The molecule has 92 valence electrons. The Bertz CT molecular complexity index is 124. The Morgan fingerprint density at radius 1 is 0.667 bits per heavy atom. The van der Waals surface area contributed by atoms with Gasteiger partial charge in [-0.05, 0) is 0 Å². The van der Waals surface area contributed by atoms with Crippen LogP contribution in [-0.4, -0.2) is 11.4 Å². The molecule has 0 nitrogen and oxygen atoms in total. The summed E-state index contributed by atoms with van der Waals surface area (Å²) in [6.45, 7) is 4.47. The third-order valence-electron chi connectivity index (χ3n) is 2.79. The molecule has 15 heavy (non-hydrogen) atoms. The minimum absolute atomic E-state index is 1.15. The van der Waals surface area contributed by atoms with Gasteiger partial charge in [0.15, 0.2) is 0 Å². The Hall–Kier alpha value is 1.12. The van der Waals surface area contributed by atoms with Crippen LogP contribution in [0.15, 0.2) is 0 Å². The SMILES string of the molecule is CCCCC[CH2][Ge]([Cl])([Cl])[CH2]CCCCC.